The van der Waals surface area contributed by atoms with Crippen molar-refractivity contribution in [3.63, 3.8) is 0 Å². The molecule has 0 fully saturated rings. The number of thioether (sulfide) groups is 1. The number of fused-ring (bicyclic) bond motifs is 1. The zero-order valence-electron chi connectivity index (χ0n) is 14.7. The molecular weight excluding hydrogens is 408 g/mol. The molecule has 0 aliphatic carbocycles. The molecule has 0 amide bonds. The first-order valence-electron chi connectivity index (χ1n) is 8.42. The molecule has 1 aliphatic heterocycles. The Labute approximate surface area is 168 Å². The normalized spacial score (nSPS) is 19.3. The quantitative estimate of drug-likeness (QED) is 0.526. The SMILES string of the molecule is CC1(C)CC(Cc2cnc(Cl)s2)N=C(c2cnc3c(F)c(F)ccc3c2)S1. The number of hydrogen-bond acceptors (Lipinski definition) is 5. The summed E-state index contributed by atoms with van der Waals surface area (Å²) in [5.74, 6) is -1.81. The summed E-state index contributed by atoms with van der Waals surface area (Å²) in [5.41, 5.74) is 0.855. The number of aliphatic imine (C=N–C) groups is 1. The van der Waals surface area contributed by atoms with Crippen molar-refractivity contribution in [3.8, 4) is 0 Å². The van der Waals surface area contributed by atoms with E-state index in [0.29, 0.717) is 9.85 Å². The molecule has 2 aromatic heterocycles. The average Bonchev–Trinajstić information content (AvgIpc) is 3.01. The van der Waals surface area contributed by atoms with Crippen molar-refractivity contribution >= 4 is 50.6 Å². The van der Waals surface area contributed by atoms with Crippen LogP contribution in [0.3, 0.4) is 0 Å². The highest BCUT2D eigenvalue weighted by molar-refractivity contribution is 8.15. The molecule has 0 N–H and O–H groups in total. The van der Waals surface area contributed by atoms with Gasteiger partial charge in [-0.05, 0) is 24.6 Å². The minimum absolute atomic E-state index is 0.000758. The van der Waals surface area contributed by atoms with Gasteiger partial charge in [0, 0.05) is 39.4 Å². The van der Waals surface area contributed by atoms with Gasteiger partial charge in [0.05, 0.1) is 6.04 Å². The summed E-state index contributed by atoms with van der Waals surface area (Å²) in [6.45, 7) is 4.37. The van der Waals surface area contributed by atoms with Gasteiger partial charge in [0.1, 0.15) is 10.6 Å². The lowest BCUT2D eigenvalue weighted by molar-refractivity contribution is 0.515. The first-order valence-corrected chi connectivity index (χ1v) is 10.4. The van der Waals surface area contributed by atoms with E-state index < -0.39 is 11.6 Å². The molecule has 0 radical (unpaired) electrons. The Morgan fingerprint density at radius 1 is 1.22 bits per heavy atom. The van der Waals surface area contributed by atoms with Crippen molar-refractivity contribution in [2.45, 2.75) is 37.5 Å². The Morgan fingerprint density at radius 3 is 2.78 bits per heavy atom. The van der Waals surface area contributed by atoms with Crippen LogP contribution >= 0.6 is 34.7 Å². The average molecular weight is 424 g/mol. The number of benzene rings is 1. The minimum Gasteiger partial charge on any atom is -0.274 e. The fourth-order valence-corrected chi connectivity index (χ4v) is 5.51. The summed E-state index contributed by atoms with van der Waals surface area (Å²) in [6.07, 6.45) is 5.07. The monoisotopic (exact) mass is 423 g/mol. The Morgan fingerprint density at radius 2 is 2.04 bits per heavy atom. The molecule has 8 heteroatoms. The van der Waals surface area contributed by atoms with E-state index in [-0.39, 0.29) is 16.3 Å². The van der Waals surface area contributed by atoms with Crippen molar-refractivity contribution in [1.82, 2.24) is 9.97 Å². The van der Waals surface area contributed by atoms with Gasteiger partial charge in [-0.15, -0.1) is 11.3 Å². The highest BCUT2D eigenvalue weighted by atomic mass is 35.5. The number of aromatic nitrogens is 2. The van der Waals surface area contributed by atoms with E-state index in [1.54, 1.807) is 30.2 Å². The maximum atomic E-state index is 13.9. The number of thiazole rings is 1. The van der Waals surface area contributed by atoms with Crippen LogP contribution in [0.4, 0.5) is 8.78 Å². The van der Waals surface area contributed by atoms with Crippen molar-refractivity contribution in [2.75, 3.05) is 0 Å². The highest BCUT2D eigenvalue weighted by Crippen LogP contribution is 2.39. The third-order valence-corrected chi connectivity index (χ3v) is 6.74. The molecule has 0 spiro atoms. The molecule has 27 heavy (non-hydrogen) atoms. The summed E-state index contributed by atoms with van der Waals surface area (Å²) >= 11 is 9.09. The van der Waals surface area contributed by atoms with Gasteiger partial charge in [-0.2, -0.15) is 0 Å². The predicted octanol–water partition coefficient (Wildman–Crippen LogP) is 5.90. The lowest BCUT2D eigenvalue weighted by Crippen LogP contribution is -2.31. The van der Waals surface area contributed by atoms with E-state index in [1.165, 1.54) is 11.3 Å². The zero-order chi connectivity index (χ0) is 19.2. The van der Waals surface area contributed by atoms with Crippen LogP contribution in [0.5, 0.6) is 0 Å². The second-order valence-electron chi connectivity index (χ2n) is 7.09. The molecule has 140 valence electrons. The Bertz CT molecular complexity index is 1050. The topological polar surface area (TPSA) is 38.1 Å². The van der Waals surface area contributed by atoms with Crippen LogP contribution in [-0.2, 0) is 6.42 Å². The third-order valence-electron chi connectivity index (χ3n) is 4.35. The fraction of sp³-hybridized carbons (Fsp3) is 0.316. The number of rotatable bonds is 3. The molecular formula is C19H16ClF2N3S2. The number of pyridine rings is 1. The van der Waals surface area contributed by atoms with E-state index in [9.17, 15) is 8.78 Å². The van der Waals surface area contributed by atoms with Crippen LogP contribution < -0.4 is 0 Å². The van der Waals surface area contributed by atoms with E-state index in [4.69, 9.17) is 16.6 Å². The summed E-state index contributed by atoms with van der Waals surface area (Å²) in [6, 6.07) is 4.59. The lowest BCUT2D eigenvalue weighted by atomic mass is 10.00. The van der Waals surface area contributed by atoms with Crippen LogP contribution in [-0.4, -0.2) is 25.8 Å². The van der Waals surface area contributed by atoms with E-state index in [0.717, 1.165) is 34.4 Å². The fourth-order valence-electron chi connectivity index (χ4n) is 3.23. The van der Waals surface area contributed by atoms with Crippen molar-refractivity contribution in [3.05, 3.63) is 57.1 Å². The van der Waals surface area contributed by atoms with E-state index in [2.05, 4.69) is 23.8 Å². The van der Waals surface area contributed by atoms with Crippen LogP contribution in [0, 0.1) is 11.6 Å². The lowest BCUT2D eigenvalue weighted by Gasteiger charge is -2.33. The van der Waals surface area contributed by atoms with Crippen molar-refractivity contribution in [2.24, 2.45) is 4.99 Å². The number of halogens is 3. The number of nitrogens with zero attached hydrogens (tertiary/aromatic N) is 3. The molecule has 3 nitrogen and oxygen atoms in total. The summed E-state index contributed by atoms with van der Waals surface area (Å²) in [4.78, 5) is 14.3. The predicted molar refractivity (Wildman–Crippen MR) is 109 cm³/mol. The maximum absolute atomic E-state index is 13.9. The minimum atomic E-state index is -0.919. The van der Waals surface area contributed by atoms with Crippen LogP contribution in [0.25, 0.3) is 10.9 Å². The van der Waals surface area contributed by atoms with E-state index in [1.807, 2.05) is 6.07 Å². The van der Waals surface area contributed by atoms with Crippen LogP contribution in [0.15, 0.2) is 35.6 Å². The van der Waals surface area contributed by atoms with Crippen molar-refractivity contribution < 1.29 is 8.78 Å². The molecule has 1 aliphatic rings. The number of hydrogen-bond donors (Lipinski definition) is 0. The molecule has 1 unspecified atom stereocenters. The van der Waals surface area contributed by atoms with Gasteiger partial charge in [0.25, 0.3) is 0 Å². The molecule has 0 bridgehead atoms. The molecule has 4 rings (SSSR count). The maximum Gasteiger partial charge on any atom is 0.184 e. The molecule has 1 aromatic carbocycles. The summed E-state index contributed by atoms with van der Waals surface area (Å²) in [5, 5.41) is 1.43. The van der Waals surface area contributed by atoms with Gasteiger partial charge in [-0.25, -0.2) is 13.8 Å². The smallest absolute Gasteiger partial charge is 0.184 e. The van der Waals surface area contributed by atoms with Gasteiger partial charge < -0.3 is 0 Å². The second-order valence-corrected chi connectivity index (χ2v) is 10.5. The Balaban J connectivity index is 1.70. The highest BCUT2D eigenvalue weighted by Gasteiger charge is 2.32. The molecule has 1 atom stereocenters. The summed E-state index contributed by atoms with van der Waals surface area (Å²) < 4.78 is 27.9. The van der Waals surface area contributed by atoms with Crippen LogP contribution in [0.2, 0.25) is 4.47 Å². The first kappa shape index (κ1) is 18.8. The standard InChI is InChI=1S/C19H16ClF2N3S2/c1-19(2)7-12(6-13-9-24-18(20)26-13)25-17(27-19)11-5-10-3-4-14(21)15(22)16(10)23-8-11/h3-5,8-9,12H,6-7H2,1-2H3. The Kier molecular flexibility index (Phi) is 4.94. The molecule has 0 saturated carbocycles. The van der Waals surface area contributed by atoms with Gasteiger partial charge >= 0.3 is 0 Å². The largest absolute Gasteiger partial charge is 0.274 e. The first-order chi connectivity index (χ1) is 12.8. The van der Waals surface area contributed by atoms with Gasteiger partial charge in [-0.1, -0.05) is 37.2 Å². The van der Waals surface area contributed by atoms with E-state index >= 15 is 0 Å². The second kappa shape index (κ2) is 7.11. The molecule has 0 saturated heterocycles. The van der Waals surface area contributed by atoms with Crippen molar-refractivity contribution in [1.29, 1.82) is 0 Å². The van der Waals surface area contributed by atoms with Gasteiger partial charge in [0.2, 0.25) is 0 Å². The van der Waals surface area contributed by atoms with Gasteiger partial charge in [-0.3, -0.25) is 9.98 Å². The molecule has 3 aromatic rings. The summed E-state index contributed by atoms with van der Waals surface area (Å²) in [7, 11) is 0. The van der Waals surface area contributed by atoms with Crippen LogP contribution in [0.1, 0.15) is 30.7 Å². The Hall–Kier alpha value is -1.57. The zero-order valence-corrected chi connectivity index (χ0v) is 17.1. The third kappa shape index (κ3) is 4.00. The van der Waals surface area contributed by atoms with Gasteiger partial charge in [0.15, 0.2) is 16.1 Å². The molecule has 3 heterocycles.